The Morgan fingerprint density at radius 2 is 1.22 bits per heavy atom. The van der Waals surface area contributed by atoms with Gasteiger partial charge in [-0.1, -0.05) is 67.8 Å². The van der Waals surface area contributed by atoms with Crippen LogP contribution in [0.4, 0.5) is 39.5 Å². The second-order valence-electron chi connectivity index (χ2n) is 15.4. The molecule has 0 aliphatic carbocycles. The number of alkyl halides is 9. The van der Waals surface area contributed by atoms with E-state index in [1.165, 1.54) is 49.4 Å². The molecule has 0 amide bonds. The summed E-state index contributed by atoms with van der Waals surface area (Å²) in [6.07, 6.45) is -5.39. The quantitative estimate of drug-likeness (QED) is 0.105. The van der Waals surface area contributed by atoms with Crippen LogP contribution in [0.3, 0.4) is 0 Å². The molecule has 0 spiro atoms. The summed E-state index contributed by atoms with van der Waals surface area (Å²) >= 11 is 0. The van der Waals surface area contributed by atoms with Crippen molar-refractivity contribution in [3.05, 3.63) is 180 Å². The van der Waals surface area contributed by atoms with Crippen LogP contribution < -0.4 is 0 Å². The van der Waals surface area contributed by atoms with Crippen molar-refractivity contribution in [2.45, 2.75) is 53.1 Å². The highest BCUT2D eigenvalue weighted by Crippen LogP contribution is 2.47. The van der Waals surface area contributed by atoms with Crippen molar-refractivity contribution in [2.75, 3.05) is 0 Å². The summed E-state index contributed by atoms with van der Waals surface area (Å²) in [5, 5.41) is 1.56. The van der Waals surface area contributed by atoms with Crippen LogP contribution >= 0.6 is 0 Å². The minimum absolute atomic E-state index is 0.0655. The van der Waals surface area contributed by atoms with E-state index in [9.17, 15) is 13.2 Å². The van der Waals surface area contributed by atoms with E-state index in [1.807, 2.05) is 36.6 Å². The minimum Gasteiger partial charge on any atom is -0.314 e. The Morgan fingerprint density at radius 3 is 1.73 bits per heavy atom. The van der Waals surface area contributed by atoms with E-state index in [2.05, 4.69) is 24.7 Å². The highest BCUT2D eigenvalue weighted by Gasteiger charge is 2.40. The second kappa shape index (κ2) is 16.1. The molecule has 7 rings (SSSR count). The number of benzene rings is 4. The van der Waals surface area contributed by atoms with Crippen molar-refractivity contribution in [3.8, 4) is 27.9 Å². The van der Waals surface area contributed by atoms with Gasteiger partial charge in [0, 0.05) is 45.6 Å². The molecule has 0 N–H and O–H groups in total. The maximum absolute atomic E-state index is 15.1. The molecule has 3 aromatic heterocycles. The number of hydrogen-bond acceptors (Lipinski definition) is 1. The molecule has 7 aromatic rings. The standard InChI is InChI=1S/C51H40F9N3/c1-9-35(16-11-28(3)4)63-46-20-15-34(24-40(46)41-27-61-22-21-47(41)63)39-26-43(50(55,56)57)38(25-44(39)51(58,59)60)33-14-19-45-37(23-33)30(7)31(8)62(45)36-17-12-32(13-18-36)48(29(5)6)42(10-2)49(52,53)54/h9-27H,2-3,5H2,1,4,6-8H3/b16-11-,35-9+,48-42-. The third-order valence-electron chi connectivity index (χ3n) is 11.2. The Bertz CT molecular complexity index is 3100. The number of aromatic nitrogens is 3. The third kappa shape index (κ3) is 8.06. The van der Waals surface area contributed by atoms with Gasteiger partial charge >= 0.3 is 18.5 Å². The fourth-order valence-electron chi connectivity index (χ4n) is 8.23. The van der Waals surface area contributed by atoms with E-state index >= 15 is 26.3 Å². The fraction of sp³-hybridized carbons (Fsp3) is 0.157. The van der Waals surface area contributed by atoms with E-state index < -0.39 is 46.4 Å². The fourth-order valence-corrected chi connectivity index (χ4v) is 8.23. The molecule has 0 saturated heterocycles. The zero-order valence-electron chi connectivity index (χ0n) is 34.8. The van der Waals surface area contributed by atoms with Gasteiger partial charge < -0.3 is 9.13 Å². The number of hydrogen-bond donors (Lipinski definition) is 0. The van der Waals surface area contributed by atoms with Crippen molar-refractivity contribution in [1.82, 2.24) is 14.1 Å². The number of fused-ring (bicyclic) bond motifs is 4. The van der Waals surface area contributed by atoms with Gasteiger partial charge in [0.05, 0.1) is 33.3 Å². The number of nitrogens with zero attached hydrogens (tertiary/aromatic N) is 3. The van der Waals surface area contributed by atoms with Crippen molar-refractivity contribution in [3.63, 3.8) is 0 Å². The third-order valence-corrected chi connectivity index (χ3v) is 11.2. The van der Waals surface area contributed by atoms with Gasteiger partial charge in [-0.05, 0) is 140 Å². The van der Waals surface area contributed by atoms with Crippen LogP contribution in [0.25, 0.3) is 71.9 Å². The molecule has 0 saturated carbocycles. The maximum atomic E-state index is 15.1. The number of halogens is 9. The van der Waals surface area contributed by atoms with Gasteiger partial charge in [0.2, 0.25) is 0 Å². The Balaban J connectivity index is 1.39. The van der Waals surface area contributed by atoms with E-state index in [0.717, 1.165) is 17.3 Å². The van der Waals surface area contributed by atoms with Gasteiger partial charge in [-0.25, -0.2) is 0 Å². The van der Waals surface area contributed by atoms with Gasteiger partial charge in [-0.3, -0.25) is 4.98 Å². The molecule has 63 heavy (non-hydrogen) atoms. The molecule has 0 unspecified atom stereocenters. The number of allylic oxidation sites excluding steroid dienone is 9. The summed E-state index contributed by atoms with van der Waals surface area (Å²) in [5.41, 5.74) is 0.619. The Kier molecular flexibility index (Phi) is 11.3. The predicted molar refractivity (Wildman–Crippen MR) is 236 cm³/mol. The van der Waals surface area contributed by atoms with Crippen molar-refractivity contribution >= 4 is 44.0 Å². The molecule has 0 radical (unpaired) electrons. The summed E-state index contributed by atoms with van der Waals surface area (Å²) in [5.74, 6) is 0. The average molecular weight is 866 g/mol. The molecule has 3 nitrogen and oxygen atoms in total. The first-order valence-corrected chi connectivity index (χ1v) is 19.6. The lowest BCUT2D eigenvalue weighted by Gasteiger charge is -2.20. The van der Waals surface area contributed by atoms with Crippen LogP contribution in [-0.2, 0) is 12.4 Å². The first-order valence-electron chi connectivity index (χ1n) is 19.6. The van der Waals surface area contributed by atoms with Crippen LogP contribution in [0.1, 0.15) is 48.7 Å². The molecule has 0 fully saturated rings. The lowest BCUT2D eigenvalue weighted by atomic mass is 9.89. The molecule has 0 bridgehead atoms. The van der Waals surface area contributed by atoms with E-state index in [1.54, 1.807) is 55.1 Å². The second-order valence-corrected chi connectivity index (χ2v) is 15.4. The lowest BCUT2D eigenvalue weighted by molar-refractivity contribution is -0.140. The molecule has 4 aromatic carbocycles. The van der Waals surface area contributed by atoms with Crippen LogP contribution in [0, 0.1) is 13.8 Å². The molecular weight excluding hydrogens is 826 g/mol. The minimum atomic E-state index is -5.06. The van der Waals surface area contributed by atoms with E-state index in [4.69, 9.17) is 0 Å². The van der Waals surface area contributed by atoms with Crippen molar-refractivity contribution in [1.29, 1.82) is 0 Å². The lowest BCUT2D eigenvalue weighted by Crippen LogP contribution is -2.13. The highest BCUT2D eigenvalue weighted by molar-refractivity contribution is 6.11. The topological polar surface area (TPSA) is 22.8 Å². The van der Waals surface area contributed by atoms with Crippen LogP contribution in [-0.4, -0.2) is 20.3 Å². The molecule has 12 heteroatoms. The van der Waals surface area contributed by atoms with Gasteiger partial charge in [0.25, 0.3) is 0 Å². The zero-order valence-corrected chi connectivity index (χ0v) is 34.8. The van der Waals surface area contributed by atoms with Gasteiger partial charge in [-0.2, -0.15) is 39.5 Å². The van der Waals surface area contributed by atoms with Crippen molar-refractivity contribution < 1.29 is 39.5 Å². The monoisotopic (exact) mass is 865 g/mol. The Hall–Kier alpha value is -6.82. The van der Waals surface area contributed by atoms with Crippen molar-refractivity contribution in [2.24, 2.45) is 0 Å². The zero-order chi connectivity index (χ0) is 45.9. The molecule has 0 aliphatic heterocycles. The van der Waals surface area contributed by atoms with Gasteiger partial charge in [-0.15, -0.1) is 0 Å². The summed E-state index contributed by atoms with van der Waals surface area (Å²) in [6, 6.07) is 17.9. The largest absolute Gasteiger partial charge is 0.417 e. The Labute approximate surface area is 357 Å². The summed E-state index contributed by atoms with van der Waals surface area (Å²) in [4.78, 5) is 4.23. The van der Waals surface area contributed by atoms with Gasteiger partial charge in [0.15, 0.2) is 0 Å². The highest BCUT2D eigenvalue weighted by atomic mass is 19.4. The Morgan fingerprint density at radius 1 is 0.667 bits per heavy atom. The summed E-state index contributed by atoms with van der Waals surface area (Å²) < 4.78 is 136. The molecule has 3 heterocycles. The van der Waals surface area contributed by atoms with Crippen LogP contribution in [0.5, 0.6) is 0 Å². The number of aryl methyl sites for hydroxylation is 1. The van der Waals surface area contributed by atoms with E-state index in [0.29, 0.717) is 61.8 Å². The first kappa shape index (κ1) is 44.2. The van der Waals surface area contributed by atoms with Gasteiger partial charge in [0.1, 0.15) is 0 Å². The van der Waals surface area contributed by atoms with Crippen LogP contribution in [0.2, 0.25) is 0 Å². The van der Waals surface area contributed by atoms with Crippen LogP contribution in [0.15, 0.2) is 152 Å². The average Bonchev–Trinajstić information content (AvgIpc) is 3.67. The normalized spacial score (nSPS) is 13.4. The molecular formula is C51H40F9N3. The summed E-state index contributed by atoms with van der Waals surface area (Å²) in [6.45, 7) is 19.6. The number of rotatable bonds is 9. The van der Waals surface area contributed by atoms with E-state index in [-0.39, 0.29) is 27.8 Å². The number of pyridine rings is 1. The molecule has 322 valence electrons. The molecule has 0 atom stereocenters. The summed E-state index contributed by atoms with van der Waals surface area (Å²) in [7, 11) is 0. The smallest absolute Gasteiger partial charge is 0.314 e. The predicted octanol–water partition coefficient (Wildman–Crippen LogP) is 16.2. The first-order chi connectivity index (χ1) is 29.6. The molecule has 0 aliphatic rings. The SMILES string of the molecule is C=C/C(=C(\C(=C)C)c1ccc(-n2c(C)c(C)c3cc(-c4cc(C(F)(F)F)c(-c5ccc6c(c5)c5cnccc5n6C(/C=C\C(=C)C)=C/C)cc4C(F)(F)F)ccc32)cc1)C(F)(F)F. The maximum Gasteiger partial charge on any atom is 0.417 e.